The van der Waals surface area contributed by atoms with Crippen molar-refractivity contribution >= 4 is 34.2 Å². The second-order valence-corrected chi connectivity index (χ2v) is 7.46. The number of carbonyl (C=O) groups excluding carboxylic acids is 1. The fourth-order valence-electron chi connectivity index (χ4n) is 2.80. The molecule has 0 saturated carbocycles. The molecule has 0 radical (unpaired) electrons. The molecule has 7 heteroatoms. The number of carboxylic acids is 1. The lowest BCUT2D eigenvalue weighted by Crippen LogP contribution is -2.28. The van der Waals surface area contributed by atoms with Gasteiger partial charge in [0.1, 0.15) is 15.5 Å². The number of rotatable bonds is 5. The molecule has 2 aromatic heterocycles. The van der Waals surface area contributed by atoms with Gasteiger partial charge in [-0.05, 0) is 51.0 Å². The van der Waals surface area contributed by atoms with Crippen molar-refractivity contribution in [1.82, 2.24) is 10.3 Å². The van der Waals surface area contributed by atoms with E-state index in [-0.39, 0.29) is 23.2 Å². The van der Waals surface area contributed by atoms with Crippen LogP contribution in [0.5, 0.6) is 0 Å². The number of amides is 1. The van der Waals surface area contributed by atoms with E-state index in [9.17, 15) is 9.59 Å². The summed E-state index contributed by atoms with van der Waals surface area (Å²) in [7, 11) is 0. The maximum atomic E-state index is 12.4. The average molecular weight is 372 g/mol. The number of benzene rings is 1. The molecular formula is C19H20N2O4S. The Morgan fingerprint density at radius 2 is 1.96 bits per heavy atom. The first kappa shape index (κ1) is 18.1. The summed E-state index contributed by atoms with van der Waals surface area (Å²) in [6, 6.07) is 3.64. The van der Waals surface area contributed by atoms with Crippen LogP contribution in [0.25, 0.3) is 11.0 Å². The number of aromatic carboxylic acids is 1. The molecule has 0 saturated heterocycles. The minimum atomic E-state index is -1.000. The second-order valence-electron chi connectivity index (χ2n) is 6.43. The molecule has 3 rings (SSSR count). The smallest absolute Gasteiger partial charge is 0.347 e. The van der Waals surface area contributed by atoms with E-state index < -0.39 is 5.97 Å². The largest absolute Gasteiger partial charge is 0.477 e. The first-order chi connectivity index (χ1) is 12.3. The number of nitrogens with zero attached hydrogens (tertiary/aromatic N) is 1. The third kappa shape index (κ3) is 3.48. The molecule has 0 fully saturated rings. The number of nitrogens with one attached hydrogen (secondary N) is 1. The van der Waals surface area contributed by atoms with Crippen LogP contribution in [-0.4, -0.2) is 22.0 Å². The maximum Gasteiger partial charge on any atom is 0.347 e. The zero-order chi connectivity index (χ0) is 19.0. The summed E-state index contributed by atoms with van der Waals surface area (Å²) in [6.07, 6.45) is 1.81. The number of carbonyl (C=O) groups is 2. The molecule has 1 unspecified atom stereocenters. The summed E-state index contributed by atoms with van der Waals surface area (Å²) in [5, 5.41) is 13.5. The Kier molecular flexibility index (Phi) is 4.82. The summed E-state index contributed by atoms with van der Waals surface area (Å²) < 4.78 is 5.57. The molecular weight excluding hydrogens is 352 g/mol. The Morgan fingerprint density at radius 1 is 1.27 bits per heavy atom. The van der Waals surface area contributed by atoms with Crippen molar-refractivity contribution < 1.29 is 19.1 Å². The molecule has 1 aromatic carbocycles. The topological polar surface area (TPSA) is 92.4 Å². The van der Waals surface area contributed by atoms with Crippen molar-refractivity contribution in [2.24, 2.45) is 0 Å². The number of hydrogen-bond acceptors (Lipinski definition) is 5. The van der Waals surface area contributed by atoms with Crippen LogP contribution < -0.4 is 5.32 Å². The number of fused-ring (bicyclic) bond motifs is 1. The monoisotopic (exact) mass is 372 g/mol. The molecule has 6 nitrogen and oxygen atoms in total. The van der Waals surface area contributed by atoms with E-state index >= 15 is 0 Å². The molecule has 1 amide bonds. The summed E-state index contributed by atoms with van der Waals surface area (Å²) in [5.74, 6) is -1.16. The van der Waals surface area contributed by atoms with E-state index in [2.05, 4.69) is 10.3 Å². The summed E-state index contributed by atoms with van der Waals surface area (Å²) in [4.78, 5) is 28.0. The van der Waals surface area contributed by atoms with Gasteiger partial charge in [0.15, 0.2) is 0 Å². The molecule has 26 heavy (non-hydrogen) atoms. The van der Waals surface area contributed by atoms with E-state index in [1.807, 2.05) is 26.0 Å². The lowest BCUT2D eigenvalue weighted by molar-refractivity contribution is -0.121. The van der Waals surface area contributed by atoms with Crippen molar-refractivity contribution in [3.63, 3.8) is 0 Å². The van der Waals surface area contributed by atoms with Crippen molar-refractivity contribution in [1.29, 1.82) is 0 Å². The van der Waals surface area contributed by atoms with Crippen LogP contribution in [0.3, 0.4) is 0 Å². The Bertz CT molecular complexity index is 1000. The highest BCUT2D eigenvalue weighted by Crippen LogP contribution is 2.26. The first-order valence-corrected chi connectivity index (χ1v) is 9.05. The van der Waals surface area contributed by atoms with Crippen LogP contribution in [-0.2, 0) is 11.2 Å². The van der Waals surface area contributed by atoms with Crippen molar-refractivity contribution in [2.45, 2.75) is 40.2 Å². The number of aromatic nitrogens is 1. The SMILES string of the molecule is Cc1cc2occ(CC(=O)NC(C)c3nc(C)c(C(=O)O)s3)c2cc1C. The molecule has 1 atom stereocenters. The molecule has 0 aliphatic heterocycles. The van der Waals surface area contributed by atoms with Gasteiger partial charge in [-0.3, -0.25) is 4.79 Å². The van der Waals surface area contributed by atoms with E-state index in [1.54, 1.807) is 20.1 Å². The molecule has 136 valence electrons. The molecule has 0 aliphatic rings. The van der Waals surface area contributed by atoms with Gasteiger partial charge in [-0.1, -0.05) is 0 Å². The van der Waals surface area contributed by atoms with Crippen LogP contribution in [0.4, 0.5) is 0 Å². The standard InChI is InChI=1S/C19H20N2O4S/c1-9-5-14-13(8-25-15(14)6-10(9)2)7-16(22)20-12(4)18-21-11(3)17(26-18)19(23)24/h5-6,8,12H,7H2,1-4H3,(H,20,22)(H,23,24). The second kappa shape index (κ2) is 6.92. The highest BCUT2D eigenvalue weighted by Gasteiger charge is 2.20. The van der Waals surface area contributed by atoms with Gasteiger partial charge >= 0.3 is 5.97 Å². The predicted octanol–water partition coefficient (Wildman–Crippen LogP) is 3.93. The van der Waals surface area contributed by atoms with Gasteiger partial charge in [-0.15, -0.1) is 11.3 Å². The number of furan rings is 1. The fourth-order valence-corrected chi connectivity index (χ4v) is 3.71. The third-order valence-electron chi connectivity index (χ3n) is 4.38. The Labute approximate surface area is 154 Å². The van der Waals surface area contributed by atoms with Crippen LogP contribution in [0.2, 0.25) is 0 Å². The van der Waals surface area contributed by atoms with Gasteiger partial charge in [-0.25, -0.2) is 9.78 Å². The van der Waals surface area contributed by atoms with Crippen LogP contribution in [0.15, 0.2) is 22.8 Å². The maximum absolute atomic E-state index is 12.4. The summed E-state index contributed by atoms with van der Waals surface area (Å²) >= 11 is 1.09. The van der Waals surface area contributed by atoms with E-state index in [0.717, 1.165) is 39.0 Å². The number of hydrogen-bond donors (Lipinski definition) is 2. The molecule has 2 N–H and O–H groups in total. The lowest BCUT2D eigenvalue weighted by atomic mass is 10.0. The summed E-state index contributed by atoms with van der Waals surface area (Å²) in [6.45, 7) is 7.49. The van der Waals surface area contributed by atoms with Crippen LogP contribution in [0, 0.1) is 20.8 Å². The highest BCUT2D eigenvalue weighted by molar-refractivity contribution is 7.13. The van der Waals surface area contributed by atoms with Gasteiger partial charge in [0.05, 0.1) is 24.4 Å². The molecule has 2 heterocycles. The average Bonchev–Trinajstić information content (AvgIpc) is 3.12. The Morgan fingerprint density at radius 3 is 2.62 bits per heavy atom. The number of aryl methyl sites for hydroxylation is 3. The van der Waals surface area contributed by atoms with E-state index in [1.165, 1.54) is 0 Å². The van der Waals surface area contributed by atoms with Gasteiger partial charge < -0.3 is 14.8 Å². The normalized spacial score (nSPS) is 12.3. The van der Waals surface area contributed by atoms with Crippen molar-refractivity contribution in [3.8, 4) is 0 Å². The number of carboxylic acid groups (broad SMARTS) is 1. The Balaban J connectivity index is 1.74. The quantitative estimate of drug-likeness (QED) is 0.708. The van der Waals surface area contributed by atoms with Crippen LogP contribution >= 0.6 is 11.3 Å². The van der Waals surface area contributed by atoms with Crippen LogP contribution in [0.1, 0.15) is 50.0 Å². The molecule has 0 bridgehead atoms. The van der Waals surface area contributed by atoms with Gasteiger partial charge in [-0.2, -0.15) is 0 Å². The number of thiazole rings is 1. The van der Waals surface area contributed by atoms with E-state index in [0.29, 0.717) is 10.7 Å². The lowest BCUT2D eigenvalue weighted by Gasteiger charge is -2.11. The minimum Gasteiger partial charge on any atom is -0.477 e. The van der Waals surface area contributed by atoms with Crippen molar-refractivity contribution in [2.75, 3.05) is 0 Å². The third-order valence-corrected chi connectivity index (χ3v) is 5.70. The van der Waals surface area contributed by atoms with Gasteiger partial charge in [0.25, 0.3) is 0 Å². The zero-order valence-corrected chi connectivity index (χ0v) is 15.9. The summed E-state index contributed by atoms with van der Waals surface area (Å²) in [5.41, 5.74) is 4.35. The molecule has 0 spiro atoms. The fraction of sp³-hybridized carbons (Fsp3) is 0.316. The van der Waals surface area contributed by atoms with E-state index in [4.69, 9.17) is 9.52 Å². The molecule has 3 aromatic rings. The van der Waals surface area contributed by atoms with Crippen molar-refractivity contribution in [3.05, 3.63) is 50.7 Å². The molecule has 0 aliphatic carbocycles. The predicted molar refractivity (Wildman–Crippen MR) is 99.8 cm³/mol. The Hall–Kier alpha value is -2.67. The first-order valence-electron chi connectivity index (χ1n) is 8.23. The minimum absolute atomic E-state index is 0.164. The highest BCUT2D eigenvalue weighted by atomic mass is 32.1. The van der Waals surface area contributed by atoms with Gasteiger partial charge in [0, 0.05) is 10.9 Å². The zero-order valence-electron chi connectivity index (χ0n) is 15.0. The van der Waals surface area contributed by atoms with Gasteiger partial charge in [0.2, 0.25) is 5.91 Å².